The summed E-state index contributed by atoms with van der Waals surface area (Å²) in [6.45, 7) is 4.65. The molecular weight excluding hydrogens is 823 g/mol. The summed E-state index contributed by atoms with van der Waals surface area (Å²) in [6.07, 6.45) is 38.0. The molecule has 0 heterocycles. The van der Waals surface area contributed by atoms with Gasteiger partial charge in [0.15, 0.2) is 0 Å². The molecule has 1 N–H and O–H groups in total. The largest absolute Gasteiger partial charge is 0.452 e. The maximum Gasteiger partial charge on any atom is 0.338 e. The lowest BCUT2D eigenvalue weighted by atomic mass is 9.80. The molecule has 4 aromatic carbocycles. The zero-order valence-corrected chi connectivity index (χ0v) is 42.0. The lowest BCUT2D eigenvalue weighted by molar-refractivity contribution is -0.124. The molecule has 2 atom stereocenters. The van der Waals surface area contributed by atoms with Crippen LogP contribution in [0.4, 0.5) is 0 Å². The number of benzene rings is 4. The average Bonchev–Trinajstić information content (AvgIpc) is 3.37. The zero-order chi connectivity index (χ0) is 47.3. The molecule has 1 amide bonds. The van der Waals surface area contributed by atoms with E-state index < -0.39 is 23.7 Å². The Hall–Kier alpha value is -4.48. The van der Waals surface area contributed by atoms with Gasteiger partial charge in [-0.15, -0.1) is 0 Å². The Bertz CT molecular complexity index is 1730. The van der Waals surface area contributed by atoms with Crippen molar-refractivity contribution in [1.29, 1.82) is 0 Å². The van der Waals surface area contributed by atoms with E-state index in [4.69, 9.17) is 9.47 Å². The van der Waals surface area contributed by atoms with Gasteiger partial charge >= 0.3 is 5.97 Å². The molecule has 0 saturated carbocycles. The number of amides is 1. The number of carbonyl (C=O) groups is 2. The van der Waals surface area contributed by atoms with Crippen molar-refractivity contribution in [3.05, 3.63) is 156 Å². The summed E-state index contributed by atoms with van der Waals surface area (Å²) in [6, 6.07) is 39.4. The van der Waals surface area contributed by atoms with Crippen molar-refractivity contribution < 1.29 is 19.1 Å². The summed E-state index contributed by atoms with van der Waals surface area (Å²) in [7, 11) is 0. The van der Waals surface area contributed by atoms with Crippen LogP contribution in [0, 0.1) is 0 Å². The van der Waals surface area contributed by atoms with Gasteiger partial charge in [-0.3, -0.25) is 4.79 Å². The fraction of sp³-hybridized carbons (Fsp3) is 0.548. The SMILES string of the molecule is CCCCCCCCCCCCC/C=C/[C@@H](OC(=O)c1ccccc1)[C@H](COC(c1ccccc1)(c1ccccc1)c1ccccc1)NC(=O)CCCCCCCCCCCCCCCCC. The van der Waals surface area contributed by atoms with Crippen LogP contribution in [0.1, 0.15) is 221 Å². The van der Waals surface area contributed by atoms with Crippen LogP contribution in [-0.2, 0) is 19.9 Å². The van der Waals surface area contributed by atoms with Crippen molar-refractivity contribution in [2.75, 3.05) is 6.61 Å². The predicted molar refractivity (Wildman–Crippen MR) is 283 cm³/mol. The highest BCUT2D eigenvalue weighted by molar-refractivity contribution is 5.89. The number of carbonyl (C=O) groups excluding carboxylic acids is 2. The molecule has 0 saturated heterocycles. The van der Waals surface area contributed by atoms with Crippen LogP contribution in [0.3, 0.4) is 0 Å². The van der Waals surface area contributed by atoms with E-state index >= 15 is 0 Å². The number of hydrogen-bond acceptors (Lipinski definition) is 4. The first-order valence-electron chi connectivity index (χ1n) is 27.1. The van der Waals surface area contributed by atoms with E-state index in [1.165, 1.54) is 141 Å². The molecule has 0 aromatic heterocycles. The predicted octanol–water partition coefficient (Wildman–Crippen LogP) is 17.2. The molecule has 0 aliphatic rings. The molecule has 0 unspecified atom stereocenters. The third-order valence-electron chi connectivity index (χ3n) is 13.3. The second-order valence-corrected chi connectivity index (χ2v) is 19.0. The fourth-order valence-electron chi connectivity index (χ4n) is 9.32. The zero-order valence-electron chi connectivity index (χ0n) is 42.0. The van der Waals surface area contributed by atoms with E-state index in [0.29, 0.717) is 12.0 Å². The quantitative estimate of drug-likeness (QED) is 0.0210. The van der Waals surface area contributed by atoms with Crippen molar-refractivity contribution in [1.82, 2.24) is 5.32 Å². The number of esters is 1. The average molecular weight is 912 g/mol. The smallest absolute Gasteiger partial charge is 0.338 e. The summed E-state index contributed by atoms with van der Waals surface area (Å²) < 4.78 is 13.7. The van der Waals surface area contributed by atoms with Crippen LogP contribution in [0.15, 0.2) is 133 Å². The van der Waals surface area contributed by atoms with Crippen LogP contribution in [0.5, 0.6) is 0 Å². The lowest BCUT2D eigenvalue weighted by Crippen LogP contribution is -2.49. The first kappa shape index (κ1) is 55.1. The minimum absolute atomic E-state index is 0.0486. The monoisotopic (exact) mass is 912 g/mol. The van der Waals surface area contributed by atoms with Crippen LogP contribution in [0.2, 0.25) is 0 Å². The van der Waals surface area contributed by atoms with E-state index in [1.807, 2.05) is 78.9 Å². The van der Waals surface area contributed by atoms with Gasteiger partial charge in [0.1, 0.15) is 11.7 Å². The Morgan fingerprint density at radius 1 is 0.478 bits per heavy atom. The van der Waals surface area contributed by atoms with Crippen molar-refractivity contribution in [3.63, 3.8) is 0 Å². The molecule has 0 aliphatic carbocycles. The van der Waals surface area contributed by atoms with Crippen LogP contribution < -0.4 is 5.32 Å². The Kier molecular flexibility index (Phi) is 29.3. The maximum absolute atomic E-state index is 14.0. The number of allylic oxidation sites excluding steroid dienone is 1. The van der Waals surface area contributed by atoms with E-state index in [0.717, 1.165) is 48.8 Å². The molecule has 366 valence electrons. The van der Waals surface area contributed by atoms with Gasteiger partial charge in [0, 0.05) is 6.42 Å². The molecule has 0 radical (unpaired) electrons. The van der Waals surface area contributed by atoms with Crippen molar-refractivity contribution >= 4 is 11.9 Å². The third kappa shape index (κ3) is 22.0. The highest BCUT2D eigenvalue weighted by atomic mass is 16.5. The molecule has 5 heteroatoms. The Morgan fingerprint density at radius 3 is 1.24 bits per heavy atom. The molecular formula is C62H89NO4. The van der Waals surface area contributed by atoms with Crippen molar-refractivity contribution in [2.45, 2.75) is 211 Å². The number of nitrogens with one attached hydrogen (secondary N) is 1. The van der Waals surface area contributed by atoms with E-state index in [-0.39, 0.29) is 12.5 Å². The Balaban J connectivity index is 1.46. The van der Waals surface area contributed by atoms with E-state index in [2.05, 4.69) is 61.6 Å². The Morgan fingerprint density at radius 2 is 0.836 bits per heavy atom. The second kappa shape index (κ2) is 35.6. The third-order valence-corrected chi connectivity index (χ3v) is 13.3. The molecule has 5 nitrogen and oxygen atoms in total. The summed E-state index contributed by atoms with van der Waals surface area (Å²) in [5, 5.41) is 3.35. The first-order valence-corrected chi connectivity index (χ1v) is 27.1. The van der Waals surface area contributed by atoms with Gasteiger partial charge in [0.05, 0.1) is 18.2 Å². The van der Waals surface area contributed by atoms with Gasteiger partial charge in [-0.25, -0.2) is 4.79 Å². The second-order valence-electron chi connectivity index (χ2n) is 19.0. The normalized spacial score (nSPS) is 12.6. The van der Waals surface area contributed by atoms with Crippen LogP contribution in [-0.4, -0.2) is 30.6 Å². The summed E-state index contributed by atoms with van der Waals surface area (Å²) in [5.74, 6) is -0.473. The van der Waals surface area contributed by atoms with Gasteiger partial charge in [-0.05, 0) is 54.2 Å². The van der Waals surface area contributed by atoms with E-state index in [9.17, 15) is 9.59 Å². The Labute approximate surface area is 408 Å². The minimum atomic E-state index is -1.01. The minimum Gasteiger partial charge on any atom is -0.452 e. The molecule has 4 aromatic rings. The van der Waals surface area contributed by atoms with Crippen molar-refractivity contribution in [3.8, 4) is 0 Å². The molecule has 0 fully saturated rings. The standard InChI is InChI=1S/C62H89NO4/c1-3-5-7-9-11-13-15-17-18-20-22-24-26-28-42-52-60(64)63-58(53-66-62(55-45-35-30-36-46-55,56-47-37-31-38-48-56)57-49-39-32-40-50-57)59(67-61(65)54-43-33-29-34-44-54)51-41-27-25-23-21-19-16-14-12-10-8-6-4-2/h29-41,43-51,58-59H,3-28,42,52-53H2,1-2H3,(H,63,64)/b51-41+/t58-,59+/m0/s1. The van der Waals surface area contributed by atoms with Crippen LogP contribution >= 0.6 is 0 Å². The van der Waals surface area contributed by atoms with E-state index in [1.54, 1.807) is 12.1 Å². The van der Waals surface area contributed by atoms with Crippen molar-refractivity contribution in [2.24, 2.45) is 0 Å². The highest BCUT2D eigenvalue weighted by Crippen LogP contribution is 2.40. The van der Waals surface area contributed by atoms with Gasteiger partial charge in [-0.1, -0.05) is 283 Å². The van der Waals surface area contributed by atoms with Gasteiger partial charge in [0.25, 0.3) is 0 Å². The summed E-state index contributed by atoms with van der Waals surface area (Å²) >= 11 is 0. The van der Waals surface area contributed by atoms with Crippen LogP contribution in [0.25, 0.3) is 0 Å². The molecule has 4 rings (SSSR count). The number of ether oxygens (including phenoxy) is 2. The summed E-state index contributed by atoms with van der Waals surface area (Å²) in [5.41, 5.74) is 2.39. The van der Waals surface area contributed by atoms with Gasteiger partial charge in [0.2, 0.25) is 5.91 Å². The maximum atomic E-state index is 14.0. The lowest BCUT2D eigenvalue weighted by Gasteiger charge is -2.38. The highest BCUT2D eigenvalue weighted by Gasteiger charge is 2.39. The van der Waals surface area contributed by atoms with Gasteiger partial charge in [-0.2, -0.15) is 0 Å². The first-order chi connectivity index (χ1) is 33.1. The molecule has 0 bridgehead atoms. The number of unbranched alkanes of at least 4 members (excludes halogenated alkanes) is 25. The molecule has 67 heavy (non-hydrogen) atoms. The number of hydrogen-bond donors (Lipinski definition) is 1. The molecule has 0 aliphatic heterocycles. The fourth-order valence-corrected chi connectivity index (χ4v) is 9.32. The number of rotatable bonds is 39. The molecule has 0 spiro atoms. The van der Waals surface area contributed by atoms with Gasteiger partial charge < -0.3 is 14.8 Å². The summed E-state index contributed by atoms with van der Waals surface area (Å²) in [4.78, 5) is 27.9. The topological polar surface area (TPSA) is 64.6 Å².